The molecule has 2 aromatic heterocycles. The van der Waals surface area contributed by atoms with E-state index in [1.54, 1.807) is 24.5 Å². The number of benzene rings is 1. The number of nitrogens with zero attached hydrogens (tertiary/aromatic N) is 4. The van der Waals surface area contributed by atoms with Crippen molar-refractivity contribution >= 4 is 11.6 Å². The van der Waals surface area contributed by atoms with Gasteiger partial charge in [-0.3, -0.25) is 9.78 Å². The molecule has 0 radical (unpaired) electrons. The molecular formula is C17H12F2N4O2. The number of aromatic nitrogens is 3. The van der Waals surface area contributed by atoms with E-state index in [0.717, 1.165) is 17.7 Å². The highest BCUT2D eigenvalue weighted by Gasteiger charge is 2.36. The van der Waals surface area contributed by atoms with Gasteiger partial charge in [0.15, 0.2) is 0 Å². The van der Waals surface area contributed by atoms with Crippen molar-refractivity contribution in [3.05, 3.63) is 60.3 Å². The first kappa shape index (κ1) is 15.4. The van der Waals surface area contributed by atoms with Crippen molar-refractivity contribution in [3.63, 3.8) is 0 Å². The summed E-state index contributed by atoms with van der Waals surface area (Å²) in [6.45, 7) is 0.194. The van der Waals surface area contributed by atoms with Crippen molar-refractivity contribution in [2.24, 2.45) is 0 Å². The zero-order chi connectivity index (χ0) is 17.4. The Kier molecular flexibility index (Phi) is 3.72. The van der Waals surface area contributed by atoms with E-state index in [4.69, 9.17) is 4.52 Å². The van der Waals surface area contributed by atoms with Crippen molar-refractivity contribution in [2.45, 2.75) is 12.3 Å². The second-order valence-electron chi connectivity index (χ2n) is 5.69. The summed E-state index contributed by atoms with van der Waals surface area (Å²) in [5.74, 6) is -1.39. The molecule has 3 heterocycles. The number of pyridine rings is 1. The number of anilines is 1. The van der Waals surface area contributed by atoms with Crippen LogP contribution in [0.15, 0.2) is 47.2 Å². The van der Waals surface area contributed by atoms with Crippen molar-refractivity contribution in [3.8, 4) is 11.4 Å². The molecule has 0 bridgehead atoms. The quantitative estimate of drug-likeness (QED) is 0.732. The van der Waals surface area contributed by atoms with E-state index >= 15 is 0 Å². The van der Waals surface area contributed by atoms with Crippen LogP contribution in [-0.2, 0) is 4.79 Å². The first-order valence-electron chi connectivity index (χ1n) is 7.61. The van der Waals surface area contributed by atoms with Crippen LogP contribution in [0.2, 0.25) is 0 Å². The van der Waals surface area contributed by atoms with Crippen LogP contribution < -0.4 is 4.90 Å². The predicted octanol–water partition coefficient (Wildman–Crippen LogP) is 2.93. The molecule has 0 N–H and O–H groups in total. The molecule has 1 aliphatic heterocycles. The maximum atomic E-state index is 13.9. The van der Waals surface area contributed by atoms with Crippen LogP contribution in [0.1, 0.15) is 18.2 Å². The van der Waals surface area contributed by atoms with E-state index in [1.165, 1.54) is 11.0 Å². The van der Waals surface area contributed by atoms with Gasteiger partial charge in [-0.2, -0.15) is 4.98 Å². The Hall–Kier alpha value is -3.16. The molecule has 3 aromatic rings. The third-order valence-corrected chi connectivity index (χ3v) is 4.06. The fourth-order valence-electron chi connectivity index (χ4n) is 2.83. The number of halogens is 2. The van der Waals surface area contributed by atoms with Crippen molar-refractivity contribution in [1.82, 2.24) is 15.1 Å². The smallest absolute Gasteiger partial charge is 0.232 e. The van der Waals surface area contributed by atoms with Gasteiger partial charge in [0.25, 0.3) is 0 Å². The molecule has 0 aliphatic carbocycles. The Balaban J connectivity index is 1.57. The van der Waals surface area contributed by atoms with E-state index in [0.29, 0.717) is 11.7 Å². The monoisotopic (exact) mass is 342 g/mol. The van der Waals surface area contributed by atoms with Crippen molar-refractivity contribution < 1.29 is 18.1 Å². The number of carbonyl (C=O) groups is 1. The molecule has 1 saturated heterocycles. The molecule has 25 heavy (non-hydrogen) atoms. The maximum absolute atomic E-state index is 13.9. The average Bonchev–Trinajstić information content (AvgIpc) is 3.23. The Morgan fingerprint density at radius 3 is 2.72 bits per heavy atom. The summed E-state index contributed by atoms with van der Waals surface area (Å²) in [6, 6.07) is 6.61. The van der Waals surface area contributed by atoms with Gasteiger partial charge < -0.3 is 9.42 Å². The number of hydrogen-bond donors (Lipinski definition) is 0. The van der Waals surface area contributed by atoms with Crippen LogP contribution in [-0.4, -0.2) is 27.6 Å². The molecular weight excluding hydrogens is 330 g/mol. The van der Waals surface area contributed by atoms with Crippen LogP contribution in [0.5, 0.6) is 0 Å². The molecule has 1 unspecified atom stereocenters. The molecule has 8 heteroatoms. The molecule has 1 aliphatic rings. The van der Waals surface area contributed by atoms with Gasteiger partial charge in [-0.05, 0) is 24.3 Å². The lowest BCUT2D eigenvalue weighted by atomic mass is 10.1. The molecule has 1 amide bonds. The van der Waals surface area contributed by atoms with Crippen molar-refractivity contribution in [1.29, 1.82) is 0 Å². The largest absolute Gasteiger partial charge is 0.339 e. The fraction of sp³-hybridized carbons (Fsp3) is 0.176. The number of hydrogen-bond acceptors (Lipinski definition) is 5. The van der Waals surface area contributed by atoms with Crippen molar-refractivity contribution in [2.75, 3.05) is 11.4 Å². The molecule has 0 saturated carbocycles. The normalized spacial score (nSPS) is 17.3. The molecule has 126 valence electrons. The minimum atomic E-state index is -0.781. The van der Waals surface area contributed by atoms with Gasteiger partial charge >= 0.3 is 0 Å². The van der Waals surface area contributed by atoms with Gasteiger partial charge in [-0.1, -0.05) is 5.16 Å². The number of amides is 1. The average molecular weight is 342 g/mol. The van der Waals surface area contributed by atoms with Crippen LogP contribution in [0.3, 0.4) is 0 Å². The first-order chi connectivity index (χ1) is 12.1. The summed E-state index contributed by atoms with van der Waals surface area (Å²) >= 11 is 0. The van der Waals surface area contributed by atoms with Gasteiger partial charge in [0.05, 0.1) is 11.6 Å². The van der Waals surface area contributed by atoms with E-state index in [2.05, 4.69) is 15.1 Å². The van der Waals surface area contributed by atoms with E-state index in [1.807, 2.05) is 0 Å². The molecule has 1 atom stereocenters. The molecule has 4 rings (SSSR count). The highest BCUT2D eigenvalue weighted by atomic mass is 19.1. The minimum absolute atomic E-state index is 0.0442. The lowest BCUT2D eigenvalue weighted by Gasteiger charge is -2.16. The Labute approximate surface area is 141 Å². The highest BCUT2D eigenvalue weighted by molar-refractivity contribution is 5.96. The Morgan fingerprint density at radius 2 is 1.96 bits per heavy atom. The van der Waals surface area contributed by atoms with E-state index in [9.17, 15) is 13.6 Å². The van der Waals surface area contributed by atoms with Gasteiger partial charge in [0.1, 0.15) is 11.6 Å². The third kappa shape index (κ3) is 2.86. The number of rotatable bonds is 3. The number of carbonyl (C=O) groups excluding carboxylic acids is 1. The predicted molar refractivity (Wildman–Crippen MR) is 83.6 cm³/mol. The topological polar surface area (TPSA) is 72.1 Å². The summed E-state index contributed by atoms with van der Waals surface area (Å²) in [5, 5.41) is 3.92. The van der Waals surface area contributed by atoms with Crippen LogP contribution in [0.25, 0.3) is 11.4 Å². The maximum Gasteiger partial charge on any atom is 0.232 e. The van der Waals surface area contributed by atoms with Crippen LogP contribution >= 0.6 is 0 Å². The Morgan fingerprint density at radius 1 is 1.16 bits per heavy atom. The van der Waals surface area contributed by atoms with Crippen LogP contribution in [0.4, 0.5) is 14.5 Å². The minimum Gasteiger partial charge on any atom is -0.339 e. The molecule has 1 fully saturated rings. The lowest BCUT2D eigenvalue weighted by Crippen LogP contribution is -2.25. The standard InChI is InChI=1S/C17H12F2N4O2/c18-12-1-2-14(13(19)8-12)23-9-11(7-15(23)24)17-21-16(22-25-17)10-3-5-20-6-4-10/h1-6,8,11H,7,9H2. The van der Waals surface area contributed by atoms with E-state index in [-0.39, 0.29) is 30.5 Å². The Bertz CT molecular complexity index is 929. The molecule has 1 aromatic carbocycles. The second kappa shape index (κ2) is 6.04. The first-order valence-corrected chi connectivity index (χ1v) is 7.61. The summed E-state index contributed by atoms with van der Waals surface area (Å²) in [5.41, 5.74) is 0.790. The van der Waals surface area contributed by atoms with Gasteiger partial charge in [0.2, 0.25) is 17.6 Å². The summed E-state index contributed by atoms with van der Waals surface area (Å²) in [7, 11) is 0. The van der Waals surface area contributed by atoms with Crippen LogP contribution in [0, 0.1) is 11.6 Å². The second-order valence-corrected chi connectivity index (χ2v) is 5.69. The van der Waals surface area contributed by atoms with Gasteiger partial charge in [0, 0.05) is 37.0 Å². The SMILES string of the molecule is O=C1CC(c2nc(-c3ccncc3)no2)CN1c1ccc(F)cc1F. The lowest BCUT2D eigenvalue weighted by molar-refractivity contribution is -0.117. The van der Waals surface area contributed by atoms with Gasteiger partial charge in [-0.25, -0.2) is 8.78 Å². The summed E-state index contributed by atoms with van der Waals surface area (Å²) in [4.78, 5) is 21.8. The van der Waals surface area contributed by atoms with E-state index < -0.39 is 11.6 Å². The fourth-order valence-corrected chi connectivity index (χ4v) is 2.83. The zero-order valence-corrected chi connectivity index (χ0v) is 12.9. The summed E-state index contributed by atoms with van der Waals surface area (Å²) < 4.78 is 32.3. The highest BCUT2D eigenvalue weighted by Crippen LogP contribution is 2.33. The summed E-state index contributed by atoms with van der Waals surface area (Å²) in [6.07, 6.45) is 3.35. The van der Waals surface area contributed by atoms with Gasteiger partial charge in [-0.15, -0.1) is 0 Å². The molecule has 0 spiro atoms. The third-order valence-electron chi connectivity index (χ3n) is 4.06. The zero-order valence-electron chi connectivity index (χ0n) is 12.9. The molecule has 6 nitrogen and oxygen atoms in total.